The van der Waals surface area contributed by atoms with Crippen molar-refractivity contribution in [3.8, 4) is 0 Å². The number of fused-ring (bicyclic) bond motifs is 1. The van der Waals surface area contributed by atoms with Crippen LogP contribution in [0.2, 0.25) is 0 Å². The number of rotatable bonds is 3. The third kappa shape index (κ3) is 2.73. The third-order valence-corrected chi connectivity index (χ3v) is 4.85. The fourth-order valence-corrected chi connectivity index (χ4v) is 3.50. The van der Waals surface area contributed by atoms with Crippen LogP contribution in [0.4, 0.5) is 5.82 Å². The van der Waals surface area contributed by atoms with Crippen molar-refractivity contribution < 1.29 is 5.11 Å². The van der Waals surface area contributed by atoms with E-state index in [0.717, 1.165) is 42.7 Å². The van der Waals surface area contributed by atoms with Crippen LogP contribution in [0.15, 0.2) is 36.9 Å². The summed E-state index contributed by atoms with van der Waals surface area (Å²) in [6.45, 7) is 3.84. The fraction of sp³-hybridized carbons (Fsp3) is 0.389. The van der Waals surface area contributed by atoms with Gasteiger partial charge in [0.25, 0.3) is 0 Å². The number of piperidine rings is 1. The predicted octanol–water partition coefficient (Wildman–Crippen LogP) is 2.61. The molecule has 0 spiro atoms. The summed E-state index contributed by atoms with van der Waals surface area (Å²) >= 11 is 0. The average molecular weight is 323 g/mol. The number of hydrogen-bond donors (Lipinski definition) is 2. The Bertz CT molecular complexity index is 825. The zero-order valence-corrected chi connectivity index (χ0v) is 13.7. The van der Waals surface area contributed by atoms with Crippen molar-refractivity contribution >= 4 is 16.7 Å². The molecule has 0 saturated carbocycles. The number of H-pyrrole nitrogens is 1. The molecule has 124 valence electrons. The molecule has 1 unspecified atom stereocenters. The Labute approximate surface area is 140 Å². The molecule has 1 saturated heterocycles. The number of nitrogens with zero attached hydrogens (tertiary/aromatic N) is 4. The summed E-state index contributed by atoms with van der Waals surface area (Å²) in [6.07, 6.45) is 6.38. The second-order valence-corrected chi connectivity index (χ2v) is 6.46. The van der Waals surface area contributed by atoms with Crippen LogP contribution in [0, 0.1) is 12.8 Å². The first-order valence-corrected chi connectivity index (χ1v) is 8.36. The number of imidazole rings is 1. The minimum absolute atomic E-state index is 0.224. The first-order chi connectivity index (χ1) is 11.7. The molecule has 2 N–H and O–H groups in total. The van der Waals surface area contributed by atoms with Crippen molar-refractivity contribution in [3.05, 3.63) is 48.3 Å². The normalized spacial score (nSPS) is 17.3. The highest BCUT2D eigenvalue weighted by Crippen LogP contribution is 2.32. The standard InChI is InChI=1S/C18H21N5O/c1-12-2-3-15-14(10-12)18(22-11-21-15)23-8-4-13(5-9-23)16(24)17-19-6-7-20-17/h2-3,6-7,10-11,13,16,24H,4-5,8-9H2,1H3,(H,19,20). The molecule has 0 bridgehead atoms. The molecule has 0 amide bonds. The van der Waals surface area contributed by atoms with Crippen molar-refractivity contribution in [2.75, 3.05) is 18.0 Å². The molecule has 1 atom stereocenters. The predicted molar refractivity (Wildman–Crippen MR) is 92.8 cm³/mol. The second-order valence-electron chi connectivity index (χ2n) is 6.46. The number of nitrogens with one attached hydrogen (secondary N) is 1. The number of aliphatic hydroxyl groups is 1. The summed E-state index contributed by atoms with van der Waals surface area (Å²) in [5.41, 5.74) is 2.19. The van der Waals surface area contributed by atoms with E-state index in [4.69, 9.17) is 0 Å². The SMILES string of the molecule is Cc1ccc2ncnc(N3CCC(C(O)c4ncc[nH]4)CC3)c2c1. The largest absolute Gasteiger partial charge is 0.385 e. The summed E-state index contributed by atoms with van der Waals surface area (Å²) in [4.78, 5) is 18.4. The van der Waals surface area contributed by atoms with Gasteiger partial charge in [0.15, 0.2) is 0 Å². The van der Waals surface area contributed by atoms with Gasteiger partial charge in [0.05, 0.1) is 5.52 Å². The van der Waals surface area contributed by atoms with Crippen molar-refractivity contribution in [3.63, 3.8) is 0 Å². The molecule has 0 aliphatic carbocycles. The van der Waals surface area contributed by atoms with Gasteiger partial charge in [-0.15, -0.1) is 0 Å². The van der Waals surface area contributed by atoms with Gasteiger partial charge >= 0.3 is 0 Å². The maximum atomic E-state index is 10.5. The first-order valence-electron chi connectivity index (χ1n) is 8.36. The Morgan fingerprint density at radius 1 is 1.21 bits per heavy atom. The maximum absolute atomic E-state index is 10.5. The van der Waals surface area contributed by atoms with Crippen LogP contribution < -0.4 is 4.90 Å². The van der Waals surface area contributed by atoms with Crippen molar-refractivity contribution in [2.24, 2.45) is 5.92 Å². The van der Waals surface area contributed by atoms with Gasteiger partial charge in [-0.1, -0.05) is 11.6 Å². The van der Waals surface area contributed by atoms with E-state index in [2.05, 4.69) is 43.9 Å². The van der Waals surface area contributed by atoms with Crippen LogP contribution >= 0.6 is 0 Å². The average Bonchev–Trinajstić information content (AvgIpc) is 3.15. The van der Waals surface area contributed by atoms with E-state index in [1.165, 1.54) is 5.56 Å². The lowest BCUT2D eigenvalue weighted by molar-refractivity contribution is 0.0856. The van der Waals surface area contributed by atoms with E-state index in [0.29, 0.717) is 5.82 Å². The van der Waals surface area contributed by atoms with E-state index in [-0.39, 0.29) is 5.92 Å². The molecule has 1 fully saturated rings. The number of aromatic nitrogens is 4. The summed E-state index contributed by atoms with van der Waals surface area (Å²) in [5.74, 6) is 1.88. The van der Waals surface area contributed by atoms with E-state index in [1.54, 1.807) is 18.7 Å². The van der Waals surface area contributed by atoms with Gasteiger partial charge in [-0.05, 0) is 37.8 Å². The van der Waals surface area contributed by atoms with Crippen LogP contribution in [0.25, 0.3) is 10.9 Å². The molecule has 24 heavy (non-hydrogen) atoms. The zero-order chi connectivity index (χ0) is 16.5. The molecule has 2 aromatic heterocycles. The van der Waals surface area contributed by atoms with Gasteiger partial charge in [0.2, 0.25) is 0 Å². The zero-order valence-electron chi connectivity index (χ0n) is 13.7. The summed E-state index contributed by atoms with van der Waals surface area (Å²) in [7, 11) is 0. The summed E-state index contributed by atoms with van der Waals surface area (Å²) in [5, 5.41) is 11.6. The number of anilines is 1. The Morgan fingerprint density at radius 2 is 2.04 bits per heavy atom. The van der Waals surface area contributed by atoms with E-state index in [1.807, 2.05) is 6.07 Å². The maximum Gasteiger partial charge on any atom is 0.139 e. The third-order valence-electron chi connectivity index (χ3n) is 4.85. The van der Waals surface area contributed by atoms with E-state index < -0.39 is 6.10 Å². The van der Waals surface area contributed by atoms with Crippen LogP contribution in [0.1, 0.15) is 30.3 Å². The summed E-state index contributed by atoms with van der Waals surface area (Å²) < 4.78 is 0. The van der Waals surface area contributed by atoms with Crippen molar-refractivity contribution in [1.29, 1.82) is 0 Å². The van der Waals surface area contributed by atoms with Gasteiger partial charge in [0, 0.05) is 30.9 Å². The van der Waals surface area contributed by atoms with E-state index >= 15 is 0 Å². The van der Waals surface area contributed by atoms with Gasteiger partial charge in [-0.25, -0.2) is 15.0 Å². The minimum atomic E-state index is -0.522. The van der Waals surface area contributed by atoms with Crippen LogP contribution in [-0.4, -0.2) is 38.1 Å². The van der Waals surface area contributed by atoms with Crippen LogP contribution in [0.5, 0.6) is 0 Å². The van der Waals surface area contributed by atoms with Crippen LogP contribution in [0.3, 0.4) is 0 Å². The Kier molecular flexibility index (Phi) is 3.90. The molecular formula is C18H21N5O. The highest BCUT2D eigenvalue weighted by molar-refractivity contribution is 5.89. The molecule has 6 heteroatoms. The number of hydrogen-bond acceptors (Lipinski definition) is 5. The molecule has 3 aromatic rings. The Hall–Kier alpha value is -2.47. The topological polar surface area (TPSA) is 77.9 Å². The van der Waals surface area contributed by atoms with Crippen molar-refractivity contribution in [2.45, 2.75) is 25.9 Å². The Morgan fingerprint density at radius 3 is 2.79 bits per heavy atom. The molecule has 6 nitrogen and oxygen atoms in total. The molecule has 0 radical (unpaired) electrons. The lowest BCUT2D eigenvalue weighted by Gasteiger charge is -2.34. The molecule has 3 heterocycles. The fourth-order valence-electron chi connectivity index (χ4n) is 3.50. The van der Waals surface area contributed by atoms with Crippen molar-refractivity contribution in [1.82, 2.24) is 19.9 Å². The number of aliphatic hydroxyl groups excluding tert-OH is 1. The van der Waals surface area contributed by atoms with Crippen LogP contribution in [-0.2, 0) is 0 Å². The van der Waals surface area contributed by atoms with Gasteiger partial charge < -0.3 is 15.0 Å². The Balaban J connectivity index is 1.53. The molecular weight excluding hydrogens is 302 g/mol. The van der Waals surface area contributed by atoms with Gasteiger partial charge in [-0.3, -0.25) is 0 Å². The lowest BCUT2D eigenvalue weighted by Crippen LogP contribution is -2.36. The number of aromatic amines is 1. The lowest BCUT2D eigenvalue weighted by atomic mass is 9.90. The number of aryl methyl sites for hydroxylation is 1. The van der Waals surface area contributed by atoms with Gasteiger partial charge in [0.1, 0.15) is 24.1 Å². The molecule has 1 aliphatic rings. The number of benzene rings is 1. The first kappa shape index (κ1) is 15.1. The summed E-state index contributed by atoms with van der Waals surface area (Å²) in [6, 6.07) is 6.27. The molecule has 1 aromatic carbocycles. The molecule has 4 rings (SSSR count). The van der Waals surface area contributed by atoms with Gasteiger partial charge in [-0.2, -0.15) is 0 Å². The second kappa shape index (κ2) is 6.20. The minimum Gasteiger partial charge on any atom is -0.385 e. The molecule has 1 aliphatic heterocycles. The highest BCUT2D eigenvalue weighted by Gasteiger charge is 2.28. The van der Waals surface area contributed by atoms with E-state index in [9.17, 15) is 5.11 Å². The highest BCUT2D eigenvalue weighted by atomic mass is 16.3. The smallest absolute Gasteiger partial charge is 0.139 e. The monoisotopic (exact) mass is 323 g/mol. The quantitative estimate of drug-likeness (QED) is 0.775.